The first kappa shape index (κ1) is 28.9. The van der Waals surface area contributed by atoms with Gasteiger partial charge >= 0.3 is 0 Å². The lowest BCUT2D eigenvalue weighted by molar-refractivity contribution is 0.475. The Morgan fingerprint density at radius 1 is 0.531 bits per heavy atom. The van der Waals surface area contributed by atoms with Gasteiger partial charge < -0.3 is 10.0 Å². The van der Waals surface area contributed by atoms with Gasteiger partial charge in [0, 0.05) is 24.8 Å². The van der Waals surface area contributed by atoms with Crippen molar-refractivity contribution in [1.29, 1.82) is 0 Å². The third kappa shape index (κ3) is 16.5. The number of phenolic OH excluding ortho intramolecular Hbond substituents is 1. The van der Waals surface area contributed by atoms with Crippen LogP contribution in [0.25, 0.3) is 0 Å². The molecule has 0 unspecified atom stereocenters. The fourth-order valence-electron chi connectivity index (χ4n) is 4.64. The van der Waals surface area contributed by atoms with Crippen LogP contribution in [0.4, 0.5) is 5.69 Å². The van der Waals surface area contributed by atoms with Crippen molar-refractivity contribution in [2.45, 2.75) is 142 Å². The molecule has 186 valence electrons. The summed E-state index contributed by atoms with van der Waals surface area (Å²) in [5.41, 5.74) is 1.19. The summed E-state index contributed by atoms with van der Waals surface area (Å²) in [6.07, 6.45) is 27.6. The summed E-state index contributed by atoms with van der Waals surface area (Å²) in [6.45, 7) is 6.82. The van der Waals surface area contributed by atoms with E-state index in [0.717, 1.165) is 13.1 Å². The van der Waals surface area contributed by atoms with Crippen molar-refractivity contribution in [2.24, 2.45) is 0 Å². The van der Waals surface area contributed by atoms with Crippen LogP contribution in [0.3, 0.4) is 0 Å². The van der Waals surface area contributed by atoms with Crippen molar-refractivity contribution in [1.82, 2.24) is 0 Å². The van der Waals surface area contributed by atoms with E-state index < -0.39 is 0 Å². The topological polar surface area (TPSA) is 23.5 Å². The highest BCUT2D eigenvalue weighted by atomic mass is 16.3. The summed E-state index contributed by atoms with van der Waals surface area (Å²) in [4.78, 5) is 2.51. The fourth-order valence-corrected chi connectivity index (χ4v) is 4.64. The van der Waals surface area contributed by atoms with Gasteiger partial charge in [-0.1, -0.05) is 135 Å². The Morgan fingerprint density at radius 3 is 1.28 bits per heavy atom. The Kier molecular flexibility index (Phi) is 19.5. The molecule has 0 aliphatic carbocycles. The number of aromatic hydroxyl groups is 1. The van der Waals surface area contributed by atoms with Crippen LogP contribution >= 0.6 is 0 Å². The normalized spacial score (nSPS) is 11.2. The van der Waals surface area contributed by atoms with E-state index in [9.17, 15) is 5.11 Å². The number of benzene rings is 1. The van der Waals surface area contributed by atoms with Crippen molar-refractivity contribution in [2.75, 3.05) is 18.0 Å². The van der Waals surface area contributed by atoms with Gasteiger partial charge in [-0.2, -0.15) is 0 Å². The van der Waals surface area contributed by atoms with E-state index in [2.05, 4.69) is 24.8 Å². The summed E-state index contributed by atoms with van der Waals surface area (Å²) >= 11 is 0. The van der Waals surface area contributed by atoms with E-state index in [1.807, 2.05) is 12.1 Å². The van der Waals surface area contributed by atoms with Crippen LogP contribution in [-0.2, 0) is 0 Å². The van der Waals surface area contributed by atoms with Gasteiger partial charge in [0.25, 0.3) is 0 Å². The predicted molar refractivity (Wildman–Crippen MR) is 144 cm³/mol. The van der Waals surface area contributed by atoms with Crippen molar-refractivity contribution < 1.29 is 5.11 Å². The molecule has 0 bridgehead atoms. The first-order chi connectivity index (χ1) is 15.8. The molecule has 0 atom stereocenters. The lowest BCUT2D eigenvalue weighted by Gasteiger charge is -2.25. The average Bonchev–Trinajstić information content (AvgIpc) is 2.80. The molecule has 32 heavy (non-hydrogen) atoms. The summed E-state index contributed by atoms with van der Waals surface area (Å²) in [5, 5.41) is 9.93. The molecule has 2 nitrogen and oxygen atoms in total. The van der Waals surface area contributed by atoms with Gasteiger partial charge in [-0.3, -0.25) is 0 Å². The van der Waals surface area contributed by atoms with E-state index >= 15 is 0 Å². The van der Waals surface area contributed by atoms with Crippen LogP contribution in [0.2, 0.25) is 0 Å². The summed E-state index contributed by atoms with van der Waals surface area (Å²) in [5.74, 6) is 0.388. The molecule has 0 heterocycles. The smallest absolute Gasteiger partial charge is 0.117 e. The lowest BCUT2D eigenvalue weighted by atomic mass is 10.1. The Bertz CT molecular complexity index is 491. The minimum absolute atomic E-state index is 0.388. The van der Waals surface area contributed by atoms with Crippen LogP contribution in [0.1, 0.15) is 142 Å². The maximum atomic E-state index is 9.93. The van der Waals surface area contributed by atoms with E-state index in [1.165, 1.54) is 134 Å². The first-order valence-corrected chi connectivity index (χ1v) is 14.3. The van der Waals surface area contributed by atoms with Crippen LogP contribution in [0.15, 0.2) is 24.3 Å². The second-order valence-corrected chi connectivity index (χ2v) is 9.87. The summed E-state index contributed by atoms with van der Waals surface area (Å²) in [7, 11) is 0. The minimum atomic E-state index is 0.388. The highest BCUT2D eigenvalue weighted by molar-refractivity contribution is 5.50. The lowest BCUT2D eigenvalue weighted by Crippen LogP contribution is -2.25. The molecule has 0 saturated heterocycles. The molecular weight excluding hydrogens is 390 g/mol. The molecule has 1 aromatic carbocycles. The number of anilines is 1. The highest BCUT2D eigenvalue weighted by Gasteiger charge is 2.07. The van der Waals surface area contributed by atoms with Crippen molar-refractivity contribution in [3.8, 4) is 5.75 Å². The molecular formula is C30H55NO. The largest absolute Gasteiger partial charge is 0.508 e. The number of hydrogen-bond acceptors (Lipinski definition) is 2. The standard InChI is InChI=1S/C30H55NO/c1-3-5-7-9-11-13-15-17-19-21-26-31(29-24-23-25-30(32)28-29)27-22-20-18-16-14-12-10-8-6-4-2/h23-25,28,32H,3-22,26-27H2,1-2H3. The number of hydrogen-bond donors (Lipinski definition) is 1. The van der Waals surface area contributed by atoms with Gasteiger partial charge in [0.2, 0.25) is 0 Å². The molecule has 2 heteroatoms. The van der Waals surface area contributed by atoms with Gasteiger partial charge in [-0.05, 0) is 25.0 Å². The maximum absolute atomic E-state index is 9.93. The highest BCUT2D eigenvalue weighted by Crippen LogP contribution is 2.22. The van der Waals surface area contributed by atoms with E-state index in [-0.39, 0.29) is 0 Å². The van der Waals surface area contributed by atoms with Gasteiger partial charge in [0.05, 0.1) is 0 Å². The molecule has 1 N–H and O–H groups in total. The number of phenols is 1. The van der Waals surface area contributed by atoms with E-state index in [4.69, 9.17) is 0 Å². The molecule has 0 fully saturated rings. The molecule has 1 aromatic rings. The molecule has 0 saturated carbocycles. The Labute approximate surface area is 201 Å². The van der Waals surface area contributed by atoms with Crippen molar-refractivity contribution in [3.05, 3.63) is 24.3 Å². The fraction of sp³-hybridized carbons (Fsp3) is 0.800. The van der Waals surface area contributed by atoms with E-state index in [0.29, 0.717) is 5.75 Å². The van der Waals surface area contributed by atoms with Crippen LogP contribution in [0.5, 0.6) is 5.75 Å². The summed E-state index contributed by atoms with van der Waals surface area (Å²) < 4.78 is 0. The van der Waals surface area contributed by atoms with Crippen LogP contribution in [0, 0.1) is 0 Å². The number of rotatable bonds is 23. The zero-order chi connectivity index (χ0) is 23.1. The zero-order valence-electron chi connectivity index (χ0n) is 21.8. The molecule has 0 aliphatic rings. The summed E-state index contributed by atoms with van der Waals surface area (Å²) in [6, 6.07) is 7.86. The van der Waals surface area contributed by atoms with Gasteiger partial charge in [-0.25, -0.2) is 0 Å². The third-order valence-corrected chi connectivity index (χ3v) is 6.76. The van der Waals surface area contributed by atoms with Crippen molar-refractivity contribution in [3.63, 3.8) is 0 Å². The van der Waals surface area contributed by atoms with Crippen LogP contribution in [-0.4, -0.2) is 18.2 Å². The predicted octanol–water partition coefficient (Wildman–Crippen LogP) is 10.0. The number of unbranched alkanes of at least 4 members (excludes halogenated alkanes) is 18. The Hall–Kier alpha value is -1.18. The Morgan fingerprint density at radius 2 is 0.906 bits per heavy atom. The van der Waals surface area contributed by atoms with Crippen LogP contribution < -0.4 is 4.90 Å². The van der Waals surface area contributed by atoms with Gasteiger partial charge in [0.1, 0.15) is 5.75 Å². The molecule has 0 aromatic heterocycles. The first-order valence-electron chi connectivity index (χ1n) is 14.3. The molecule has 0 amide bonds. The molecule has 1 rings (SSSR count). The SMILES string of the molecule is CCCCCCCCCCCCN(CCCCCCCCCCCC)c1cccc(O)c1. The average molecular weight is 446 g/mol. The zero-order valence-corrected chi connectivity index (χ0v) is 21.8. The number of nitrogens with zero attached hydrogens (tertiary/aromatic N) is 1. The van der Waals surface area contributed by atoms with Gasteiger partial charge in [0.15, 0.2) is 0 Å². The second kappa shape index (κ2) is 21.7. The minimum Gasteiger partial charge on any atom is -0.508 e. The second-order valence-electron chi connectivity index (χ2n) is 9.87. The molecule has 0 radical (unpaired) electrons. The molecule has 0 aliphatic heterocycles. The Balaban J connectivity index is 2.17. The monoisotopic (exact) mass is 445 g/mol. The quantitative estimate of drug-likeness (QED) is 0.169. The van der Waals surface area contributed by atoms with Gasteiger partial charge in [-0.15, -0.1) is 0 Å². The maximum Gasteiger partial charge on any atom is 0.117 e. The van der Waals surface area contributed by atoms with E-state index in [1.54, 1.807) is 6.07 Å². The molecule has 0 spiro atoms. The third-order valence-electron chi connectivity index (χ3n) is 6.76. The van der Waals surface area contributed by atoms with Crippen molar-refractivity contribution >= 4 is 5.69 Å².